The third-order valence-corrected chi connectivity index (χ3v) is 7.83. The molecule has 0 unspecified atom stereocenters. The Balaban J connectivity index is 1.34. The van der Waals surface area contributed by atoms with Crippen molar-refractivity contribution in [1.29, 1.82) is 0 Å². The Labute approximate surface area is 216 Å². The van der Waals surface area contributed by atoms with E-state index >= 15 is 0 Å². The molecule has 2 N–H and O–H groups in total. The molecule has 190 valence electrons. The minimum absolute atomic E-state index is 0.0276. The summed E-state index contributed by atoms with van der Waals surface area (Å²) in [5.41, 5.74) is 4.16. The van der Waals surface area contributed by atoms with Gasteiger partial charge < -0.3 is 9.47 Å². The maximum Gasteiger partial charge on any atom is 0.262 e. The number of thioether (sulfide) groups is 1. The summed E-state index contributed by atoms with van der Waals surface area (Å²) in [5.74, 6) is 0.445. The molecule has 4 aromatic rings. The topological polar surface area (TPSA) is 129 Å². The molecule has 1 aliphatic rings. The number of aromatic nitrogens is 2. The van der Waals surface area contributed by atoms with Gasteiger partial charge in [-0.3, -0.25) is 19.6 Å². The second-order valence-corrected chi connectivity index (χ2v) is 10.9. The highest BCUT2D eigenvalue weighted by Crippen LogP contribution is 2.33. The van der Waals surface area contributed by atoms with Crippen LogP contribution in [0, 0.1) is 6.92 Å². The zero-order chi connectivity index (χ0) is 26.0. The van der Waals surface area contributed by atoms with E-state index in [1.807, 2.05) is 13.0 Å². The number of rotatable bonds is 8. The quantitative estimate of drug-likeness (QED) is 0.199. The van der Waals surface area contributed by atoms with Crippen LogP contribution in [0.25, 0.3) is 10.9 Å². The number of hydrazine groups is 1. The maximum atomic E-state index is 13.3. The fraction of sp³-hybridized carbons (Fsp3) is 0.160. The van der Waals surface area contributed by atoms with Crippen LogP contribution in [-0.2, 0) is 21.4 Å². The molecule has 10 nitrogen and oxygen atoms in total. The molecule has 1 amide bonds. The van der Waals surface area contributed by atoms with E-state index in [1.165, 1.54) is 16.7 Å². The number of carbonyl (C=O) groups excluding carboxylic acids is 1. The number of hydrogen-bond acceptors (Lipinski definition) is 8. The molecular formula is C25H22N4O6S2. The first-order valence-corrected chi connectivity index (χ1v) is 13.7. The van der Waals surface area contributed by atoms with Crippen molar-refractivity contribution >= 4 is 38.6 Å². The minimum Gasteiger partial charge on any atom is -0.454 e. The van der Waals surface area contributed by atoms with E-state index in [1.54, 1.807) is 48.5 Å². The van der Waals surface area contributed by atoms with Gasteiger partial charge in [0.15, 0.2) is 16.7 Å². The van der Waals surface area contributed by atoms with Crippen LogP contribution in [0.15, 0.2) is 81.6 Å². The lowest BCUT2D eigenvalue weighted by Crippen LogP contribution is -2.42. The van der Waals surface area contributed by atoms with Crippen LogP contribution in [0.3, 0.4) is 0 Å². The highest BCUT2D eigenvalue weighted by atomic mass is 32.2. The molecule has 0 spiro atoms. The van der Waals surface area contributed by atoms with Crippen LogP contribution in [0.2, 0.25) is 0 Å². The van der Waals surface area contributed by atoms with Gasteiger partial charge in [-0.15, -0.1) is 4.83 Å². The van der Waals surface area contributed by atoms with Gasteiger partial charge in [-0.25, -0.2) is 13.4 Å². The fourth-order valence-electron chi connectivity index (χ4n) is 3.69. The lowest BCUT2D eigenvalue weighted by Gasteiger charge is -2.14. The predicted molar refractivity (Wildman–Crippen MR) is 138 cm³/mol. The smallest absolute Gasteiger partial charge is 0.262 e. The van der Waals surface area contributed by atoms with E-state index in [0.717, 1.165) is 22.9 Å². The summed E-state index contributed by atoms with van der Waals surface area (Å²) in [6.45, 7) is 2.17. The van der Waals surface area contributed by atoms with Crippen molar-refractivity contribution in [2.45, 2.75) is 23.5 Å². The Morgan fingerprint density at radius 3 is 2.62 bits per heavy atom. The monoisotopic (exact) mass is 538 g/mol. The zero-order valence-corrected chi connectivity index (χ0v) is 21.3. The number of carbonyl (C=O) groups is 1. The van der Waals surface area contributed by atoms with Crippen molar-refractivity contribution in [3.63, 3.8) is 0 Å². The summed E-state index contributed by atoms with van der Waals surface area (Å²) in [6, 6.07) is 18.6. The van der Waals surface area contributed by atoms with Crippen LogP contribution in [-0.4, -0.2) is 36.4 Å². The van der Waals surface area contributed by atoms with Crippen molar-refractivity contribution in [3.05, 3.63) is 88.2 Å². The second-order valence-electron chi connectivity index (χ2n) is 8.25. The van der Waals surface area contributed by atoms with Gasteiger partial charge in [0.2, 0.25) is 12.7 Å². The number of benzene rings is 3. The van der Waals surface area contributed by atoms with E-state index in [4.69, 9.17) is 9.47 Å². The molecule has 5 rings (SSSR count). The van der Waals surface area contributed by atoms with E-state index in [9.17, 15) is 18.0 Å². The zero-order valence-electron chi connectivity index (χ0n) is 19.6. The van der Waals surface area contributed by atoms with Crippen molar-refractivity contribution in [1.82, 2.24) is 19.8 Å². The first-order valence-electron chi connectivity index (χ1n) is 11.2. The molecule has 0 radical (unpaired) electrons. The average molecular weight is 539 g/mol. The number of nitrogens with zero attached hydrogens (tertiary/aromatic N) is 2. The third kappa shape index (κ3) is 5.45. The molecule has 0 aliphatic carbocycles. The van der Waals surface area contributed by atoms with Crippen LogP contribution in [0.5, 0.6) is 11.5 Å². The lowest BCUT2D eigenvalue weighted by molar-refractivity contribution is -0.119. The van der Waals surface area contributed by atoms with Gasteiger partial charge in [-0.05, 0) is 48.9 Å². The molecule has 1 aliphatic heterocycles. The minimum atomic E-state index is -3.93. The summed E-state index contributed by atoms with van der Waals surface area (Å²) in [7, 11) is -3.93. The van der Waals surface area contributed by atoms with Gasteiger partial charge in [0.05, 0.1) is 28.1 Å². The number of nitrogens with one attached hydrogen (secondary N) is 2. The van der Waals surface area contributed by atoms with E-state index in [-0.39, 0.29) is 29.5 Å². The SMILES string of the molecule is Cc1ccc(S(=O)(=O)NNC(=O)CSc2nc3ccccc3c(=O)n2Cc2ccc3c(c2)OCO3)cc1. The second kappa shape index (κ2) is 10.2. The van der Waals surface area contributed by atoms with Crippen LogP contribution in [0.1, 0.15) is 11.1 Å². The summed E-state index contributed by atoms with van der Waals surface area (Å²) in [6.07, 6.45) is 0. The van der Waals surface area contributed by atoms with Crippen molar-refractivity contribution in [2.75, 3.05) is 12.5 Å². The van der Waals surface area contributed by atoms with Crippen molar-refractivity contribution in [2.24, 2.45) is 0 Å². The van der Waals surface area contributed by atoms with Gasteiger partial charge in [-0.2, -0.15) is 0 Å². The molecule has 12 heteroatoms. The Kier molecular flexibility index (Phi) is 6.87. The highest BCUT2D eigenvalue weighted by Gasteiger charge is 2.18. The number of ether oxygens (including phenoxy) is 2. The van der Waals surface area contributed by atoms with Gasteiger partial charge in [0.1, 0.15) is 0 Å². The lowest BCUT2D eigenvalue weighted by atomic mass is 10.2. The van der Waals surface area contributed by atoms with Gasteiger partial charge in [0, 0.05) is 0 Å². The normalized spacial score (nSPS) is 12.6. The van der Waals surface area contributed by atoms with E-state index in [2.05, 4.69) is 15.2 Å². The van der Waals surface area contributed by atoms with E-state index < -0.39 is 15.9 Å². The summed E-state index contributed by atoms with van der Waals surface area (Å²) < 4.78 is 37.2. The molecular weight excluding hydrogens is 516 g/mol. The predicted octanol–water partition coefficient (Wildman–Crippen LogP) is 2.58. The first-order chi connectivity index (χ1) is 17.8. The Morgan fingerprint density at radius 2 is 1.81 bits per heavy atom. The molecule has 0 saturated carbocycles. The molecule has 2 heterocycles. The van der Waals surface area contributed by atoms with Crippen molar-refractivity contribution < 1.29 is 22.7 Å². The number of para-hydroxylation sites is 1. The van der Waals surface area contributed by atoms with Crippen LogP contribution < -0.4 is 25.3 Å². The number of fused-ring (bicyclic) bond motifs is 2. The van der Waals surface area contributed by atoms with Gasteiger partial charge in [0.25, 0.3) is 15.6 Å². The molecule has 0 fully saturated rings. The number of hydrogen-bond donors (Lipinski definition) is 2. The number of amides is 1. The third-order valence-electron chi connectivity index (χ3n) is 5.59. The summed E-state index contributed by atoms with van der Waals surface area (Å²) in [4.78, 5) is 32.5. The molecule has 0 bridgehead atoms. The summed E-state index contributed by atoms with van der Waals surface area (Å²) >= 11 is 1.03. The fourth-order valence-corrected chi connectivity index (χ4v) is 5.34. The molecule has 1 aromatic heterocycles. The Bertz CT molecular complexity index is 1650. The molecule has 37 heavy (non-hydrogen) atoms. The standard InChI is InChI=1S/C25H22N4O6S2/c1-16-6-9-18(10-7-16)37(32,33)28-27-23(30)14-36-25-26-20-5-3-2-4-19(20)24(31)29(25)13-17-8-11-21-22(12-17)35-15-34-21/h2-12,28H,13-15H2,1H3,(H,27,30). The Hall–Kier alpha value is -3.87. The number of sulfonamides is 1. The van der Waals surface area contributed by atoms with Gasteiger partial charge >= 0.3 is 0 Å². The Morgan fingerprint density at radius 1 is 1.05 bits per heavy atom. The molecule has 0 atom stereocenters. The van der Waals surface area contributed by atoms with Gasteiger partial charge in [-0.1, -0.05) is 47.7 Å². The molecule has 3 aromatic carbocycles. The molecule has 0 saturated heterocycles. The summed E-state index contributed by atoms with van der Waals surface area (Å²) in [5, 5.41) is 0.765. The first kappa shape index (κ1) is 24.8. The maximum absolute atomic E-state index is 13.3. The highest BCUT2D eigenvalue weighted by molar-refractivity contribution is 7.99. The van der Waals surface area contributed by atoms with Crippen molar-refractivity contribution in [3.8, 4) is 11.5 Å². The average Bonchev–Trinajstić information content (AvgIpc) is 3.36. The van der Waals surface area contributed by atoms with Crippen LogP contribution in [0.4, 0.5) is 0 Å². The number of aryl methyl sites for hydroxylation is 1. The van der Waals surface area contributed by atoms with Crippen LogP contribution >= 0.6 is 11.8 Å². The van der Waals surface area contributed by atoms with E-state index in [0.29, 0.717) is 27.6 Å². The largest absolute Gasteiger partial charge is 0.454 e.